The molecule has 10 aromatic rings. The van der Waals surface area contributed by atoms with Gasteiger partial charge in [0, 0.05) is 93.6 Å². The van der Waals surface area contributed by atoms with Gasteiger partial charge in [-0.15, -0.1) is 11.3 Å². The van der Waals surface area contributed by atoms with Crippen LogP contribution in [0.3, 0.4) is 0 Å². The quantitative estimate of drug-likeness (QED) is 0.0752. The largest absolute Gasteiger partial charge is 0.354 e. The highest BCUT2D eigenvalue weighted by atomic mass is 32.1. The minimum atomic E-state index is -2.62. The number of nitrogens with zero attached hydrogens (tertiary/aromatic N) is 2. The van der Waals surface area contributed by atoms with E-state index in [1.807, 2.05) is 0 Å². The summed E-state index contributed by atoms with van der Waals surface area (Å²) in [6, 6.07) is 11.2. The van der Waals surface area contributed by atoms with Crippen molar-refractivity contribution < 1.29 is 87.8 Å². The molecule has 12 bridgehead atoms. The maximum absolute atomic E-state index is 16.4. The summed E-state index contributed by atoms with van der Waals surface area (Å²) < 4.78 is 314. The number of allylic oxidation sites excluding steroid dienone is 4. The lowest BCUT2D eigenvalue weighted by atomic mass is 9.98. The van der Waals surface area contributed by atoms with E-state index in [9.17, 15) is 17.6 Å². The summed E-state index contributed by atoms with van der Waals surface area (Å²) in [6.45, 7) is 0. The van der Waals surface area contributed by atoms with Crippen LogP contribution in [0, 0.1) is 116 Å². The van der Waals surface area contributed by atoms with Crippen LogP contribution >= 0.6 is 22.7 Å². The van der Waals surface area contributed by atoms with Gasteiger partial charge in [-0.1, -0.05) is 0 Å². The Morgan fingerprint density at radius 1 is 0.311 bits per heavy atom. The van der Waals surface area contributed by atoms with Crippen molar-refractivity contribution >= 4 is 73.1 Å². The number of aliphatic imine (C=N–C) groups is 2. The summed E-state index contributed by atoms with van der Waals surface area (Å²) in [5.74, 6) is -49.9. The molecule has 28 heteroatoms. The van der Waals surface area contributed by atoms with Crippen LogP contribution in [-0.2, 0) is 0 Å². The van der Waals surface area contributed by atoms with E-state index in [0.717, 1.165) is 89.4 Å². The zero-order chi connectivity index (χ0) is 63.5. The SMILES string of the molecule is Fc1c(F)c(F)c(C2=C3C=CC(=N3)C(c3c(F)c(F)c(F)c(F)c3F)=c3ccc([nH]3)=C(c3ccsc3)c3ccc([nH]3)C(c3c(F)c(F)c(F)c(F)c3F)=c3ccc([nH]3)=C(c3c(F)c(F)c(F)c(F)c3F)C3=NC4=C(c5ccc2[nH]5)c2ccsc2C4=C3)c(F)c1F. The number of halogens is 20. The molecule has 9 heterocycles. The first-order valence-corrected chi connectivity index (χ1v) is 27.3. The van der Waals surface area contributed by atoms with Gasteiger partial charge in [-0.25, -0.2) is 97.8 Å². The first kappa shape index (κ1) is 57.5. The van der Waals surface area contributed by atoms with Crippen LogP contribution < -0.4 is 21.4 Å². The third-order valence-electron chi connectivity index (χ3n) is 15.1. The molecule has 0 saturated carbocycles. The predicted octanol–water partition coefficient (Wildman–Crippen LogP) is 13.9. The van der Waals surface area contributed by atoms with Crippen LogP contribution in [0.5, 0.6) is 0 Å². The molecule has 14 rings (SSSR count). The normalized spacial score (nSPS) is 14.6. The first-order chi connectivity index (χ1) is 43.0. The van der Waals surface area contributed by atoms with E-state index >= 15 is 70.2 Å². The summed E-state index contributed by atoms with van der Waals surface area (Å²) in [5.41, 5.74) is -14.2. The standard InChI is InChI=1S/C62H20F20N6S2/c63-41-37(42(64)50(72)57(79)49(41)71)33-23-4-1-20(83-23)31(17-11-13-89-16-17)21-2-5-24(84-21)34(38-43(65)51(73)58(80)52(74)44(38)66)28-9-10-29(87-28)36(40-47(69)55(77)60(82)56(78)48(40)70)30-15-19-61(88-30)32(18-12-14-90-62(18)19)22-3-6-25(85-22)35(27-8-7-26(33)86-27)39-45(67)53(75)59(81)54(76)46(39)68/h1-16,83-85,87H. The van der Waals surface area contributed by atoms with Gasteiger partial charge in [0.25, 0.3) is 0 Å². The number of aromatic nitrogens is 4. The number of benzene rings is 4. The van der Waals surface area contributed by atoms with Gasteiger partial charge in [0.15, 0.2) is 93.1 Å². The molecule has 1 aliphatic carbocycles. The Labute approximate surface area is 494 Å². The molecular formula is C62H20F20N6S2. The van der Waals surface area contributed by atoms with E-state index in [1.165, 1.54) is 28.3 Å². The van der Waals surface area contributed by atoms with Gasteiger partial charge in [-0.05, 0) is 101 Å². The highest BCUT2D eigenvalue weighted by molar-refractivity contribution is 7.11. The molecule has 6 nitrogen and oxygen atoms in total. The lowest BCUT2D eigenvalue weighted by molar-refractivity contribution is 0.376. The molecule has 3 aliphatic heterocycles. The summed E-state index contributed by atoms with van der Waals surface area (Å²) in [6.07, 6.45) is 2.76. The van der Waals surface area contributed by atoms with Crippen LogP contribution in [0.15, 0.2) is 116 Å². The molecule has 0 fully saturated rings. The smallest absolute Gasteiger partial charge is 0.200 e. The fourth-order valence-corrected chi connectivity index (χ4v) is 12.8. The second-order valence-electron chi connectivity index (χ2n) is 20.0. The van der Waals surface area contributed by atoms with Crippen molar-refractivity contribution in [3.8, 4) is 0 Å². The molecule has 4 aromatic carbocycles. The first-order valence-electron chi connectivity index (χ1n) is 25.5. The molecule has 4 aliphatic rings. The molecular weight excluding hydrogens is 1270 g/mol. The van der Waals surface area contributed by atoms with Crippen molar-refractivity contribution in [3.63, 3.8) is 0 Å². The fraction of sp³-hybridized carbons (Fsp3) is 0. The number of rotatable bonds is 5. The van der Waals surface area contributed by atoms with Crippen LogP contribution in [0.4, 0.5) is 87.8 Å². The van der Waals surface area contributed by atoms with Gasteiger partial charge in [0.05, 0.1) is 45.1 Å². The van der Waals surface area contributed by atoms with Crippen molar-refractivity contribution in [2.24, 2.45) is 9.98 Å². The molecule has 0 radical (unpaired) electrons. The van der Waals surface area contributed by atoms with E-state index in [0.29, 0.717) is 0 Å². The van der Waals surface area contributed by atoms with Gasteiger partial charge in [0.1, 0.15) is 0 Å². The highest BCUT2D eigenvalue weighted by Crippen LogP contribution is 2.51. The molecule has 0 atom stereocenters. The van der Waals surface area contributed by atoms with Gasteiger partial charge in [0.2, 0.25) is 23.3 Å². The Kier molecular flexibility index (Phi) is 13.2. The van der Waals surface area contributed by atoms with E-state index < -0.39 is 205 Å². The van der Waals surface area contributed by atoms with E-state index in [4.69, 9.17) is 0 Å². The number of fused-ring (bicyclic) bond motifs is 13. The molecule has 90 heavy (non-hydrogen) atoms. The Morgan fingerprint density at radius 2 is 0.689 bits per heavy atom. The minimum absolute atomic E-state index is 0.0416. The molecule has 4 N–H and O–H groups in total. The maximum Gasteiger partial charge on any atom is 0.200 e. The third kappa shape index (κ3) is 8.25. The number of H-pyrrole nitrogens is 4. The van der Waals surface area contributed by atoms with E-state index in [2.05, 4.69) is 29.9 Å². The molecule has 0 amide bonds. The maximum atomic E-state index is 16.4. The van der Waals surface area contributed by atoms with Crippen LogP contribution in [0.2, 0.25) is 0 Å². The van der Waals surface area contributed by atoms with Crippen molar-refractivity contribution in [1.82, 2.24) is 19.9 Å². The zero-order valence-corrected chi connectivity index (χ0v) is 45.1. The summed E-state index contributed by atoms with van der Waals surface area (Å²) >= 11 is 2.03. The molecule has 450 valence electrons. The number of hydrogen-bond acceptors (Lipinski definition) is 4. The van der Waals surface area contributed by atoms with Crippen LogP contribution in [-0.4, -0.2) is 31.4 Å². The van der Waals surface area contributed by atoms with Crippen LogP contribution in [0.25, 0.3) is 39.0 Å². The third-order valence-corrected chi connectivity index (χ3v) is 16.8. The van der Waals surface area contributed by atoms with Crippen molar-refractivity contribution in [2.45, 2.75) is 0 Å². The summed E-state index contributed by atoms with van der Waals surface area (Å²) in [4.78, 5) is 20.1. The fourth-order valence-electron chi connectivity index (χ4n) is 11.2. The van der Waals surface area contributed by atoms with Gasteiger partial charge in [-0.3, -0.25) is 0 Å². The van der Waals surface area contributed by atoms with Crippen LogP contribution in [0.1, 0.15) is 61.0 Å². The summed E-state index contributed by atoms with van der Waals surface area (Å²) in [7, 11) is 0. The molecule has 0 spiro atoms. The summed E-state index contributed by atoms with van der Waals surface area (Å²) in [5, 5.41) is 2.34. The Bertz CT molecular complexity index is 5320. The lowest BCUT2D eigenvalue weighted by Gasteiger charge is -2.14. The number of hydrogen-bond donors (Lipinski definition) is 4. The highest BCUT2D eigenvalue weighted by Gasteiger charge is 2.39. The predicted molar refractivity (Wildman–Crippen MR) is 288 cm³/mol. The average Bonchev–Trinajstić information content (AvgIpc) is 1.55. The van der Waals surface area contributed by atoms with Crippen molar-refractivity contribution in [1.29, 1.82) is 0 Å². The second kappa shape index (κ2) is 20.7. The molecule has 6 aromatic heterocycles. The average molecular weight is 1290 g/mol. The monoisotopic (exact) mass is 1290 g/mol. The second-order valence-corrected chi connectivity index (χ2v) is 21.7. The van der Waals surface area contributed by atoms with E-state index in [-0.39, 0.29) is 55.2 Å². The zero-order valence-electron chi connectivity index (χ0n) is 43.5. The number of nitrogens with one attached hydrogen (secondary N) is 4. The Morgan fingerprint density at radius 3 is 1.14 bits per heavy atom. The molecule has 0 unspecified atom stereocenters. The van der Waals surface area contributed by atoms with Gasteiger partial charge >= 0.3 is 0 Å². The van der Waals surface area contributed by atoms with Crippen molar-refractivity contribution in [2.75, 3.05) is 0 Å². The Balaban J connectivity index is 1.17. The number of aromatic amines is 4. The van der Waals surface area contributed by atoms with Crippen molar-refractivity contribution in [3.05, 3.63) is 305 Å². The topological polar surface area (TPSA) is 87.9 Å². The number of thiophene rings is 2. The lowest BCUT2D eigenvalue weighted by Crippen LogP contribution is -2.23. The van der Waals surface area contributed by atoms with E-state index in [1.54, 1.807) is 0 Å². The van der Waals surface area contributed by atoms with Gasteiger partial charge in [-0.2, -0.15) is 11.3 Å². The molecule has 0 saturated heterocycles. The Hall–Kier alpha value is -10.2. The minimum Gasteiger partial charge on any atom is -0.354 e. The van der Waals surface area contributed by atoms with Gasteiger partial charge < -0.3 is 19.9 Å².